The number of ether oxygens (including phenoxy) is 6. The monoisotopic (exact) mass is 1500 g/mol. The Bertz CT molecular complexity index is 2190. The summed E-state index contributed by atoms with van der Waals surface area (Å²) in [4.78, 5) is 13.5. The number of allylic oxidation sites excluding steroid dienone is 11. The number of hydrogen-bond acceptors (Lipinski definition) is 18. The number of aliphatic hydroxyl groups is 11. The number of aliphatic hydroxyl groups excluding tert-OH is 11. The Morgan fingerprint density at radius 3 is 1.06 bits per heavy atom. The fourth-order valence-corrected chi connectivity index (χ4v) is 14.4. The zero-order valence-electron chi connectivity index (χ0n) is 66.4. The summed E-state index contributed by atoms with van der Waals surface area (Å²) in [5, 5.41) is 121. The minimum atomic E-state index is -1.98. The Morgan fingerprint density at radius 2 is 0.660 bits per heavy atom. The van der Waals surface area contributed by atoms with Crippen LogP contribution in [0.2, 0.25) is 0 Å². The fraction of sp³-hybridized carbons (Fsp3) is 0.851. The molecule has 3 aliphatic rings. The Labute approximate surface area is 642 Å². The van der Waals surface area contributed by atoms with Gasteiger partial charge in [0.05, 0.1) is 38.6 Å². The molecule has 17 atom stereocenters. The minimum absolute atomic E-state index is 0.236. The molecule has 12 N–H and O–H groups in total. The van der Waals surface area contributed by atoms with E-state index in [1.54, 1.807) is 6.08 Å². The van der Waals surface area contributed by atoms with Crippen molar-refractivity contribution in [2.24, 2.45) is 0 Å². The maximum atomic E-state index is 13.5. The van der Waals surface area contributed by atoms with Crippen molar-refractivity contribution in [1.29, 1.82) is 0 Å². The van der Waals surface area contributed by atoms with E-state index in [9.17, 15) is 61.0 Å². The van der Waals surface area contributed by atoms with Crippen LogP contribution in [-0.2, 0) is 33.2 Å². The van der Waals surface area contributed by atoms with Crippen LogP contribution in [0, 0.1) is 0 Å². The predicted molar refractivity (Wildman–Crippen MR) is 425 cm³/mol. The van der Waals surface area contributed by atoms with E-state index in [4.69, 9.17) is 28.4 Å². The summed E-state index contributed by atoms with van der Waals surface area (Å²) < 4.78 is 34.5. The predicted octanol–water partition coefficient (Wildman–Crippen LogP) is 15.6. The molecule has 3 rings (SSSR count). The molecule has 3 aliphatic heterocycles. The molecule has 3 heterocycles. The summed E-state index contributed by atoms with van der Waals surface area (Å²) in [6, 6.07) is -0.993. The van der Waals surface area contributed by atoms with Gasteiger partial charge in [-0.25, -0.2) is 0 Å². The lowest BCUT2D eigenvalue weighted by atomic mass is 9.96. The molecule has 0 aromatic carbocycles. The number of rotatable bonds is 69. The summed E-state index contributed by atoms with van der Waals surface area (Å²) in [5.74, 6) is -0.281. The number of hydrogen-bond donors (Lipinski definition) is 12. The van der Waals surface area contributed by atoms with Gasteiger partial charge in [0.2, 0.25) is 5.91 Å². The summed E-state index contributed by atoms with van der Waals surface area (Å²) in [6.45, 7) is 1.65. The largest absolute Gasteiger partial charge is 0.394 e. The summed E-state index contributed by atoms with van der Waals surface area (Å²) in [5.41, 5.74) is 0. The lowest BCUT2D eigenvalue weighted by Crippen LogP contribution is -2.66. The van der Waals surface area contributed by atoms with Crippen molar-refractivity contribution in [2.45, 2.75) is 446 Å². The van der Waals surface area contributed by atoms with Crippen LogP contribution in [0.15, 0.2) is 72.9 Å². The fourth-order valence-electron chi connectivity index (χ4n) is 14.4. The van der Waals surface area contributed by atoms with E-state index in [1.165, 1.54) is 244 Å². The van der Waals surface area contributed by atoms with Crippen LogP contribution < -0.4 is 5.32 Å². The molecule has 3 saturated heterocycles. The number of carbonyl (C=O) groups is 1. The van der Waals surface area contributed by atoms with Gasteiger partial charge in [0.15, 0.2) is 18.9 Å². The van der Waals surface area contributed by atoms with E-state index in [1.807, 2.05) is 6.08 Å². The van der Waals surface area contributed by atoms with Gasteiger partial charge in [-0.1, -0.05) is 337 Å². The molecule has 618 valence electrons. The zero-order chi connectivity index (χ0) is 76.7. The molecule has 3 fully saturated rings. The van der Waals surface area contributed by atoms with Crippen LogP contribution in [0.4, 0.5) is 0 Å². The normalized spacial score (nSPS) is 26.0. The second-order valence-corrected chi connectivity index (χ2v) is 30.6. The Kier molecular flexibility index (Phi) is 61.4. The lowest BCUT2D eigenvalue weighted by Gasteiger charge is -2.48. The third-order valence-electron chi connectivity index (χ3n) is 21.2. The first-order chi connectivity index (χ1) is 51.8. The highest BCUT2D eigenvalue weighted by molar-refractivity contribution is 5.76. The average molecular weight is 1510 g/mol. The third-order valence-corrected chi connectivity index (χ3v) is 21.2. The summed E-state index contributed by atoms with van der Waals surface area (Å²) >= 11 is 0. The highest BCUT2D eigenvalue weighted by Gasteiger charge is 2.54. The maximum absolute atomic E-state index is 13.5. The summed E-state index contributed by atoms with van der Waals surface area (Å²) in [6.07, 6.45) is 61.9. The molecule has 0 aromatic rings. The Balaban J connectivity index is 1.35. The van der Waals surface area contributed by atoms with Gasteiger partial charge in [-0.15, -0.1) is 0 Å². The number of amides is 1. The van der Waals surface area contributed by atoms with E-state index >= 15 is 0 Å². The van der Waals surface area contributed by atoms with Crippen molar-refractivity contribution < 1.29 is 89.4 Å². The van der Waals surface area contributed by atoms with Crippen molar-refractivity contribution in [3.63, 3.8) is 0 Å². The molecular formula is C87H157NO18. The van der Waals surface area contributed by atoms with Crippen molar-refractivity contribution in [3.05, 3.63) is 72.9 Å². The highest BCUT2D eigenvalue weighted by atomic mass is 16.8. The molecule has 0 aromatic heterocycles. The summed E-state index contributed by atoms with van der Waals surface area (Å²) in [7, 11) is 0. The molecule has 17 unspecified atom stereocenters. The molecule has 106 heavy (non-hydrogen) atoms. The van der Waals surface area contributed by atoms with Gasteiger partial charge in [0, 0.05) is 6.42 Å². The van der Waals surface area contributed by atoms with Crippen molar-refractivity contribution in [3.8, 4) is 0 Å². The average Bonchev–Trinajstić information content (AvgIpc) is 0.781. The van der Waals surface area contributed by atoms with Gasteiger partial charge < -0.3 is 89.9 Å². The van der Waals surface area contributed by atoms with E-state index in [0.717, 1.165) is 64.2 Å². The molecule has 19 heteroatoms. The molecule has 0 spiro atoms. The van der Waals surface area contributed by atoms with Crippen molar-refractivity contribution in [2.75, 3.05) is 26.4 Å². The smallest absolute Gasteiger partial charge is 0.220 e. The Morgan fingerprint density at radius 1 is 0.349 bits per heavy atom. The van der Waals surface area contributed by atoms with E-state index in [2.05, 4.69) is 79.9 Å². The number of carbonyl (C=O) groups excluding carboxylic acids is 1. The Hall–Kier alpha value is -2.77. The van der Waals surface area contributed by atoms with Crippen LogP contribution >= 0.6 is 0 Å². The van der Waals surface area contributed by atoms with Gasteiger partial charge in [0.1, 0.15) is 73.2 Å². The first-order valence-electron chi connectivity index (χ1n) is 43.2. The molecule has 0 radical (unpaired) electrons. The topological polar surface area (TPSA) is 307 Å². The van der Waals surface area contributed by atoms with E-state index < -0.39 is 124 Å². The molecular weight excluding hydrogens is 1350 g/mol. The van der Waals surface area contributed by atoms with Crippen molar-refractivity contribution >= 4 is 5.91 Å². The van der Waals surface area contributed by atoms with Crippen LogP contribution in [0.1, 0.15) is 341 Å². The molecule has 0 saturated carbocycles. The van der Waals surface area contributed by atoms with Crippen LogP contribution in [0.3, 0.4) is 0 Å². The van der Waals surface area contributed by atoms with Gasteiger partial charge in [-0.3, -0.25) is 4.79 Å². The van der Waals surface area contributed by atoms with Gasteiger partial charge in [0.25, 0.3) is 0 Å². The highest BCUT2D eigenvalue weighted by Crippen LogP contribution is 2.33. The van der Waals surface area contributed by atoms with Gasteiger partial charge >= 0.3 is 0 Å². The molecule has 1 amide bonds. The van der Waals surface area contributed by atoms with Gasteiger partial charge in [-0.05, 0) is 70.6 Å². The standard InChI is InChI=1S/C87H157NO18/c1-3-5-7-9-11-13-15-17-19-21-23-25-27-29-31-33-34-35-36-37-39-41-43-45-47-49-51-53-55-57-59-61-63-65-75(93)88-70(71(92)64-62-60-58-56-54-52-50-48-46-44-42-40-38-32-30-28-26-24-22-20-18-16-14-12-10-8-6-4-2)69-101-85-81(99)78(96)83(73(67-90)103-85)106-87-82(100)79(97)84(74(68-91)104-87)105-86-80(98)77(95)76(94)72(66-89)102-86/h5,7,11,13,17,19,23,25,54,56,62,64,70-74,76-87,89-92,94-100H,3-4,6,8-10,12,14-16,18,20-22,24,26-53,55,57-61,63,65-69H2,1-2H3,(H,88,93)/b7-5-,13-11-,19-17-,25-23-,56-54+,64-62+. The maximum Gasteiger partial charge on any atom is 0.220 e. The minimum Gasteiger partial charge on any atom is -0.394 e. The zero-order valence-corrected chi connectivity index (χ0v) is 66.4. The molecule has 0 aliphatic carbocycles. The number of unbranched alkanes of at least 4 members (excludes halogenated alkanes) is 43. The third kappa shape index (κ3) is 45.7. The second-order valence-electron chi connectivity index (χ2n) is 30.6. The molecule has 0 bridgehead atoms. The van der Waals surface area contributed by atoms with Crippen LogP contribution in [0.5, 0.6) is 0 Å². The quantitative estimate of drug-likeness (QED) is 0.0199. The van der Waals surface area contributed by atoms with Crippen molar-refractivity contribution in [1.82, 2.24) is 5.32 Å². The van der Waals surface area contributed by atoms with Gasteiger partial charge in [-0.2, -0.15) is 0 Å². The SMILES string of the molecule is CC/C=C\C/C=C\C/C=C\C/C=C\CCCCCCCCCCCCCCCCCCCCCCC(=O)NC(COC1OC(CO)C(OC2OC(CO)C(OC3OC(CO)C(O)C(O)C3O)C(O)C2O)C(O)C1O)C(O)/C=C/CC/C=C/CCCCCCCCCCCCCCCCCCCCCCCC. The van der Waals surface area contributed by atoms with Crippen LogP contribution in [0.25, 0.3) is 0 Å². The van der Waals surface area contributed by atoms with E-state index in [-0.39, 0.29) is 18.9 Å². The second kappa shape index (κ2) is 66.8. The van der Waals surface area contributed by atoms with E-state index in [0.29, 0.717) is 12.8 Å². The first-order valence-corrected chi connectivity index (χ1v) is 43.2. The first kappa shape index (κ1) is 97.4. The molecule has 19 nitrogen and oxygen atoms in total. The lowest BCUT2D eigenvalue weighted by molar-refractivity contribution is -0.379. The van der Waals surface area contributed by atoms with Crippen LogP contribution in [-0.4, -0.2) is 193 Å². The number of nitrogens with one attached hydrogen (secondary N) is 1.